The van der Waals surface area contributed by atoms with Gasteiger partial charge in [-0.15, -0.1) is 23.1 Å². The average Bonchev–Trinajstić information content (AvgIpc) is 2.89. The largest absolute Gasteiger partial charge is 0.461 e. The molecule has 0 saturated carbocycles. The Morgan fingerprint density at radius 2 is 2.25 bits per heavy atom. The molecule has 0 aliphatic heterocycles. The predicted molar refractivity (Wildman–Crippen MR) is 79.9 cm³/mol. The molecule has 106 valence electrons. The molecule has 0 amide bonds. The standard InChI is InChI=1S/C14H14FNO2S2/c1-3-18-14(17)10-8-20-13(16-10)12-9(15)6-5-7-11(12)19-4-2/h5-8H,3-4H2,1-2H3. The van der Waals surface area contributed by atoms with E-state index in [9.17, 15) is 9.18 Å². The van der Waals surface area contributed by atoms with Crippen LogP contribution in [0.2, 0.25) is 0 Å². The summed E-state index contributed by atoms with van der Waals surface area (Å²) in [4.78, 5) is 16.6. The number of rotatable bonds is 5. The van der Waals surface area contributed by atoms with Gasteiger partial charge in [0.25, 0.3) is 0 Å². The molecule has 0 spiro atoms. The van der Waals surface area contributed by atoms with Gasteiger partial charge in [-0.3, -0.25) is 0 Å². The number of thiazole rings is 1. The number of hydrogen-bond donors (Lipinski definition) is 0. The third-order valence-corrected chi connectivity index (χ3v) is 4.28. The fourth-order valence-corrected chi connectivity index (χ4v) is 3.41. The number of carbonyl (C=O) groups is 1. The van der Waals surface area contributed by atoms with E-state index in [1.807, 2.05) is 13.0 Å². The van der Waals surface area contributed by atoms with Crippen molar-refractivity contribution in [3.05, 3.63) is 35.1 Å². The minimum Gasteiger partial charge on any atom is -0.461 e. The van der Waals surface area contributed by atoms with Crippen molar-refractivity contribution in [3.8, 4) is 10.6 Å². The van der Waals surface area contributed by atoms with Gasteiger partial charge in [0.05, 0.1) is 12.2 Å². The van der Waals surface area contributed by atoms with Crippen LogP contribution in [0, 0.1) is 5.82 Å². The van der Waals surface area contributed by atoms with Gasteiger partial charge < -0.3 is 4.74 Å². The quantitative estimate of drug-likeness (QED) is 0.611. The molecule has 3 nitrogen and oxygen atoms in total. The van der Waals surface area contributed by atoms with E-state index in [4.69, 9.17) is 4.74 Å². The molecule has 0 aliphatic carbocycles. The summed E-state index contributed by atoms with van der Waals surface area (Å²) in [6.07, 6.45) is 0. The SMILES string of the molecule is CCOC(=O)c1csc(-c2c(F)cccc2SCC)n1. The van der Waals surface area contributed by atoms with E-state index in [1.54, 1.807) is 30.1 Å². The third kappa shape index (κ3) is 3.19. The first-order valence-electron chi connectivity index (χ1n) is 6.21. The Morgan fingerprint density at radius 3 is 2.95 bits per heavy atom. The number of benzene rings is 1. The Kier molecular flexibility index (Phi) is 5.14. The third-order valence-electron chi connectivity index (χ3n) is 2.48. The molecule has 1 aromatic heterocycles. The van der Waals surface area contributed by atoms with Crippen LogP contribution in [-0.2, 0) is 4.74 Å². The zero-order valence-corrected chi connectivity index (χ0v) is 12.8. The molecule has 2 aromatic rings. The van der Waals surface area contributed by atoms with Crippen LogP contribution in [0.15, 0.2) is 28.5 Å². The highest BCUT2D eigenvalue weighted by molar-refractivity contribution is 7.99. The minimum absolute atomic E-state index is 0.225. The van der Waals surface area contributed by atoms with Gasteiger partial charge in [0.1, 0.15) is 10.8 Å². The van der Waals surface area contributed by atoms with E-state index >= 15 is 0 Å². The van der Waals surface area contributed by atoms with Crippen LogP contribution < -0.4 is 0 Å². The fraction of sp³-hybridized carbons (Fsp3) is 0.286. The summed E-state index contributed by atoms with van der Waals surface area (Å²) in [6.45, 7) is 4.03. The van der Waals surface area contributed by atoms with Gasteiger partial charge in [0, 0.05) is 10.3 Å². The second kappa shape index (κ2) is 6.85. The van der Waals surface area contributed by atoms with Crippen LogP contribution in [0.3, 0.4) is 0 Å². The number of carbonyl (C=O) groups excluding carboxylic acids is 1. The maximum Gasteiger partial charge on any atom is 0.357 e. The Labute approximate surface area is 125 Å². The number of esters is 1. The zero-order valence-electron chi connectivity index (χ0n) is 11.2. The van der Waals surface area contributed by atoms with Gasteiger partial charge in [-0.25, -0.2) is 14.2 Å². The van der Waals surface area contributed by atoms with Crippen molar-refractivity contribution in [2.24, 2.45) is 0 Å². The summed E-state index contributed by atoms with van der Waals surface area (Å²) in [5, 5.41) is 2.10. The maximum atomic E-state index is 14.1. The van der Waals surface area contributed by atoms with Crippen molar-refractivity contribution in [2.45, 2.75) is 18.7 Å². The first kappa shape index (κ1) is 15.0. The first-order valence-corrected chi connectivity index (χ1v) is 8.08. The molecule has 0 saturated heterocycles. The molecule has 20 heavy (non-hydrogen) atoms. The molecule has 0 unspecified atom stereocenters. The van der Waals surface area contributed by atoms with Gasteiger partial charge in [0.15, 0.2) is 5.69 Å². The van der Waals surface area contributed by atoms with Gasteiger partial charge in [-0.1, -0.05) is 13.0 Å². The van der Waals surface area contributed by atoms with Crippen LogP contribution in [0.4, 0.5) is 4.39 Å². The zero-order chi connectivity index (χ0) is 14.5. The highest BCUT2D eigenvalue weighted by Gasteiger charge is 2.17. The number of ether oxygens (including phenoxy) is 1. The van der Waals surface area contributed by atoms with Crippen molar-refractivity contribution in [2.75, 3.05) is 12.4 Å². The summed E-state index contributed by atoms with van der Waals surface area (Å²) >= 11 is 2.80. The number of hydrogen-bond acceptors (Lipinski definition) is 5. The van der Waals surface area contributed by atoms with E-state index in [0.717, 1.165) is 10.6 Å². The number of aromatic nitrogens is 1. The Balaban J connectivity index is 2.39. The molecule has 1 aromatic carbocycles. The summed E-state index contributed by atoms with van der Waals surface area (Å²) in [5.74, 6) is 0.0382. The van der Waals surface area contributed by atoms with Gasteiger partial charge in [-0.2, -0.15) is 0 Å². The van der Waals surface area contributed by atoms with Crippen LogP contribution in [-0.4, -0.2) is 23.3 Å². The molecule has 2 rings (SSSR count). The Hall–Kier alpha value is -1.40. The van der Waals surface area contributed by atoms with Crippen molar-refractivity contribution in [1.82, 2.24) is 4.98 Å². The fourth-order valence-electron chi connectivity index (χ4n) is 1.68. The summed E-state index contributed by atoms with van der Waals surface area (Å²) in [7, 11) is 0. The molecule has 6 heteroatoms. The smallest absolute Gasteiger partial charge is 0.357 e. The first-order chi connectivity index (χ1) is 9.67. The van der Waals surface area contributed by atoms with E-state index < -0.39 is 5.97 Å². The highest BCUT2D eigenvalue weighted by atomic mass is 32.2. The highest BCUT2D eigenvalue weighted by Crippen LogP contribution is 2.35. The molecule has 0 atom stereocenters. The number of thioether (sulfide) groups is 1. The maximum absolute atomic E-state index is 14.1. The van der Waals surface area contributed by atoms with Crippen molar-refractivity contribution in [3.63, 3.8) is 0 Å². The van der Waals surface area contributed by atoms with E-state index in [1.165, 1.54) is 17.4 Å². The van der Waals surface area contributed by atoms with Gasteiger partial charge >= 0.3 is 5.97 Å². The second-order valence-electron chi connectivity index (χ2n) is 3.80. The topological polar surface area (TPSA) is 39.2 Å². The van der Waals surface area contributed by atoms with E-state index in [0.29, 0.717) is 17.2 Å². The molecule has 0 N–H and O–H groups in total. The van der Waals surface area contributed by atoms with Crippen LogP contribution in [0.5, 0.6) is 0 Å². The molecule has 0 bridgehead atoms. The average molecular weight is 311 g/mol. The lowest BCUT2D eigenvalue weighted by Gasteiger charge is -2.06. The van der Waals surface area contributed by atoms with E-state index in [2.05, 4.69) is 4.98 Å². The normalized spacial score (nSPS) is 10.6. The summed E-state index contributed by atoms with van der Waals surface area (Å²) in [6, 6.07) is 4.94. The number of halogens is 1. The summed E-state index contributed by atoms with van der Waals surface area (Å²) in [5.41, 5.74) is 0.683. The molecule has 1 heterocycles. The lowest BCUT2D eigenvalue weighted by Crippen LogP contribution is -2.04. The molecular weight excluding hydrogens is 297 g/mol. The molecular formula is C14H14FNO2S2. The van der Waals surface area contributed by atoms with Crippen LogP contribution in [0.1, 0.15) is 24.3 Å². The lowest BCUT2D eigenvalue weighted by atomic mass is 10.2. The number of nitrogens with zero attached hydrogens (tertiary/aromatic N) is 1. The van der Waals surface area contributed by atoms with Crippen LogP contribution >= 0.6 is 23.1 Å². The van der Waals surface area contributed by atoms with Crippen molar-refractivity contribution >= 4 is 29.1 Å². The Bertz CT molecular complexity index is 613. The van der Waals surface area contributed by atoms with Crippen molar-refractivity contribution in [1.29, 1.82) is 0 Å². The molecule has 0 radical (unpaired) electrons. The Morgan fingerprint density at radius 1 is 1.45 bits per heavy atom. The lowest BCUT2D eigenvalue weighted by molar-refractivity contribution is 0.0520. The molecule has 0 fully saturated rings. The summed E-state index contributed by atoms with van der Waals surface area (Å²) < 4.78 is 18.9. The van der Waals surface area contributed by atoms with Gasteiger partial charge in [0.2, 0.25) is 0 Å². The van der Waals surface area contributed by atoms with Crippen molar-refractivity contribution < 1.29 is 13.9 Å². The van der Waals surface area contributed by atoms with E-state index in [-0.39, 0.29) is 11.5 Å². The van der Waals surface area contributed by atoms with Crippen LogP contribution in [0.25, 0.3) is 10.6 Å². The predicted octanol–water partition coefficient (Wildman–Crippen LogP) is 4.24. The second-order valence-corrected chi connectivity index (χ2v) is 5.97. The molecule has 0 aliphatic rings. The van der Waals surface area contributed by atoms with Gasteiger partial charge in [-0.05, 0) is 24.8 Å². The minimum atomic E-state index is -0.476. The monoisotopic (exact) mass is 311 g/mol.